The third-order valence-electron chi connectivity index (χ3n) is 2.71. The van der Waals surface area contributed by atoms with Gasteiger partial charge in [0.2, 0.25) is 5.91 Å². The molecule has 1 rings (SSSR count). The number of Topliss-reactive ketones (excluding diaryl/α,β-unsaturated/α-hetero) is 1. The van der Waals surface area contributed by atoms with E-state index in [9.17, 15) is 22.8 Å². The number of nitriles is 1. The number of nitrogens with one attached hydrogen (secondary N) is 1. The Morgan fingerprint density at radius 1 is 1.27 bits per heavy atom. The molecule has 0 fully saturated rings. The number of nitrogens with zero attached hydrogens (tertiary/aromatic N) is 1. The highest BCUT2D eigenvalue weighted by atomic mass is 19.4. The van der Waals surface area contributed by atoms with E-state index in [1.165, 1.54) is 0 Å². The molecule has 0 aliphatic rings. The Labute approximate surface area is 124 Å². The van der Waals surface area contributed by atoms with Crippen molar-refractivity contribution in [1.29, 1.82) is 5.26 Å². The fraction of sp³-hybridized carbons (Fsp3) is 0.267. The summed E-state index contributed by atoms with van der Waals surface area (Å²) in [6, 6.07) is 5.22. The number of terminal acetylenes is 1. The Hall–Kier alpha value is -2.80. The number of hydrogen-bond acceptors (Lipinski definition) is 3. The van der Waals surface area contributed by atoms with Crippen molar-refractivity contribution in [2.75, 3.05) is 5.32 Å². The lowest BCUT2D eigenvalue weighted by molar-refractivity contribution is -0.137. The number of benzene rings is 1. The fourth-order valence-electron chi connectivity index (χ4n) is 1.57. The topological polar surface area (TPSA) is 70.0 Å². The summed E-state index contributed by atoms with van der Waals surface area (Å²) in [7, 11) is 0. The van der Waals surface area contributed by atoms with Crippen LogP contribution in [0.3, 0.4) is 0 Å². The number of hydrogen-bond donors (Lipinski definition) is 1. The van der Waals surface area contributed by atoms with Gasteiger partial charge in [0.15, 0.2) is 11.7 Å². The largest absolute Gasteiger partial charge is 0.416 e. The molecule has 4 nitrogen and oxygen atoms in total. The molecule has 22 heavy (non-hydrogen) atoms. The molecule has 1 unspecified atom stereocenters. The number of anilines is 1. The molecule has 0 aromatic heterocycles. The zero-order chi connectivity index (χ0) is 16.8. The van der Waals surface area contributed by atoms with Gasteiger partial charge in [-0.3, -0.25) is 9.59 Å². The lowest BCUT2D eigenvalue weighted by Gasteiger charge is -2.10. The first-order valence-corrected chi connectivity index (χ1v) is 6.13. The van der Waals surface area contributed by atoms with Gasteiger partial charge in [0.25, 0.3) is 0 Å². The van der Waals surface area contributed by atoms with Crippen molar-refractivity contribution in [3.8, 4) is 18.4 Å². The molecule has 1 aromatic carbocycles. The van der Waals surface area contributed by atoms with Gasteiger partial charge in [-0.1, -0.05) is 0 Å². The molecule has 0 bridgehead atoms. The molecular weight excluding hydrogens is 297 g/mol. The Balaban J connectivity index is 2.77. The lowest BCUT2D eigenvalue weighted by Crippen LogP contribution is -2.28. The highest BCUT2D eigenvalue weighted by Crippen LogP contribution is 2.29. The Morgan fingerprint density at radius 3 is 2.32 bits per heavy atom. The van der Waals surface area contributed by atoms with Crippen LogP contribution in [-0.4, -0.2) is 11.7 Å². The monoisotopic (exact) mass is 308 g/mol. The van der Waals surface area contributed by atoms with E-state index in [0.29, 0.717) is 0 Å². The number of alkyl halides is 3. The fourth-order valence-corrected chi connectivity index (χ4v) is 1.57. The first-order chi connectivity index (χ1) is 10.3. The van der Waals surface area contributed by atoms with Crippen LogP contribution in [0.5, 0.6) is 0 Å². The molecule has 0 aliphatic carbocycles. The predicted octanol–water partition coefficient (Wildman–Crippen LogP) is 2.77. The summed E-state index contributed by atoms with van der Waals surface area (Å²) >= 11 is 0. The maximum Gasteiger partial charge on any atom is 0.416 e. The number of amides is 1. The molecule has 0 heterocycles. The molecule has 114 valence electrons. The number of ketones is 1. The minimum absolute atomic E-state index is 0.0583. The van der Waals surface area contributed by atoms with Gasteiger partial charge in [-0.2, -0.15) is 18.4 Å². The highest BCUT2D eigenvalue weighted by molar-refractivity contribution is 6.09. The second-order valence-electron chi connectivity index (χ2n) is 4.30. The smallest absolute Gasteiger partial charge is 0.325 e. The molecule has 0 aliphatic heterocycles. The molecule has 1 atom stereocenters. The molecule has 0 radical (unpaired) electrons. The molecule has 0 saturated carbocycles. The second kappa shape index (κ2) is 7.28. The van der Waals surface area contributed by atoms with Crippen LogP contribution < -0.4 is 5.32 Å². The number of rotatable bonds is 5. The van der Waals surface area contributed by atoms with Crippen LogP contribution >= 0.6 is 0 Å². The average Bonchev–Trinajstić information content (AvgIpc) is 2.45. The van der Waals surface area contributed by atoms with Crippen LogP contribution in [0.4, 0.5) is 18.9 Å². The molecule has 1 amide bonds. The van der Waals surface area contributed by atoms with Gasteiger partial charge in [-0.15, -0.1) is 12.3 Å². The van der Waals surface area contributed by atoms with Crippen molar-refractivity contribution in [3.63, 3.8) is 0 Å². The number of carbonyl (C=O) groups excluding carboxylic acids is 2. The van der Waals surface area contributed by atoms with Crippen LogP contribution in [0.25, 0.3) is 0 Å². The molecule has 7 heteroatoms. The van der Waals surface area contributed by atoms with Gasteiger partial charge >= 0.3 is 6.18 Å². The summed E-state index contributed by atoms with van der Waals surface area (Å²) < 4.78 is 37.2. The van der Waals surface area contributed by atoms with Crippen LogP contribution in [-0.2, 0) is 15.8 Å². The standard InChI is InChI=1S/C15H11F3N2O2/c1-2-3-4-13(21)12(9-19)14(22)20-11-7-5-10(6-8-11)15(16,17)18/h1,5-8,12H,3-4H2,(H,20,22). The van der Waals surface area contributed by atoms with E-state index < -0.39 is 29.3 Å². The molecular formula is C15H11F3N2O2. The van der Waals surface area contributed by atoms with E-state index >= 15 is 0 Å². The van der Waals surface area contributed by atoms with E-state index in [-0.39, 0.29) is 18.5 Å². The van der Waals surface area contributed by atoms with Crippen LogP contribution in [0.2, 0.25) is 0 Å². The zero-order valence-electron chi connectivity index (χ0n) is 11.3. The quantitative estimate of drug-likeness (QED) is 0.671. The van der Waals surface area contributed by atoms with Crippen molar-refractivity contribution in [3.05, 3.63) is 29.8 Å². The minimum Gasteiger partial charge on any atom is -0.325 e. The zero-order valence-corrected chi connectivity index (χ0v) is 11.3. The van der Waals surface area contributed by atoms with E-state index in [4.69, 9.17) is 11.7 Å². The normalized spacial score (nSPS) is 11.9. The summed E-state index contributed by atoms with van der Waals surface area (Å²) in [5, 5.41) is 11.1. The maximum atomic E-state index is 12.4. The van der Waals surface area contributed by atoms with Crippen LogP contribution in [0.15, 0.2) is 24.3 Å². The molecule has 1 N–H and O–H groups in total. The average molecular weight is 308 g/mol. The van der Waals surface area contributed by atoms with Gasteiger partial charge in [-0.05, 0) is 24.3 Å². The summed E-state index contributed by atoms with van der Waals surface area (Å²) in [4.78, 5) is 23.4. The summed E-state index contributed by atoms with van der Waals surface area (Å²) in [5.41, 5.74) is -0.810. The Kier molecular flexibility index (Phi) is 5.71. The van der Waals surface area contributed by atoms with Crippen molar-refractivity contribution >= 4 is 17.4 Å². The maximum absolute atomic E-state index is 12.4. The Morgan fingerprint density at radius 2 is 1.86 bits per heavy atom. The number of carbonyl (C=O) groups is 2. The summed E-state index contributed by atoms with van der Waals surface area (Å²) in [5.74, 6) is -0.861. The SMILES string of the molecule is C#CCCC(=O)C(C#N)C(=O)Nc1ccc(C(F)(F)F)cc1. The van der Waals surface area contributed by atoms with Crippen molar-refractivity contribution in [2.45, 2.75) is 19.0 Å². The van der Waals surface area contributed by atoms with Crippen molar-refractivity contribution in [2.24, 2.45) is 5.92 Å². The molecule has 0 saturated heterocycles. The predicted molar refractivity (Wildman–Crippen MR) is 72.3 cm³/mol. The van der Waals surface area contributed by atoms with E-state index in [1.807, 2.05) is 0 Å². The van der Waals surface area contributed by atoms with Crippen LogP contribution in [0, 0.1) is 29.6 Å². The van der Waals surface area contributed by atoms with E-state index in [0.717, 1.165) is 24.3 Å². The first kappa shape index (κ1) is 17.3. The molecule has 1 aromatic rings. The molecule has 0 spiro atoms. The lowest BCUT2D eigenvalue weighted by atomic mass is 10.0. The highest BCUT2D eigenvalue weighted by Gasteiger charge is 2.30. The van der Waals surface area contributed by atoms with Gasteiger partial charge in [0, 0.05) is 18.5 Å². The van der Waals surface area contributed by atoms with E-state index in [1.54, 1.807) is 6.07 Å². The number of halogens is 3. The third kappa shape index (κ3) is 4.64. The minimum atomic E-state index is -4.48. The van der Waals surface area contributed by atoms with E-state index in [2.05, 4.69) is 11.2 Å². The van der Waals surface area contributed by atoms with Crippen molar-refractivity contribution in [1.82, 2.24) is 0 Å². The van der Waals surface area contributed by atoms with Gasteiger partial charge in [0.05, 0.1) is 11.6 Å². The van der Waals surface area contributed by atoms with Crippen LogP contribution in [0.1, 0.15) is 18.4 Å². The third-order valence-corrected chi connectivity index (χ3v) is 2.71. The summed E-state index contributed by atoms with van der Waals surface area (Å²) in [6.07, 6.45) is 0.492. The van der Waals surface area contributed by atoms with Crippen molar-refractivity contribution < 1.29 is 22.8 Å². The van der Waals surface area contributed by atoms with Gasteiger partial charge in [0.1, 0.15) is 0 Å². The summed E-state index contributed by atoms with van der Waals surface area (Å²) in [6.45, 7) is 0. The van der Waals surface area contributed by atoms with Gasteiger partial charge < -0.3 is 5.32 Å². The van der Waals surface area contributed by atoms with Gasteiger partial charge in [-0.25, -0.2) is 0 Å². The Bertz CT molecular complexity index is 637. The first-order valence-electron chi connectivity index (χ1n) is 6.13. The second-order valence-corrected chi connectivity index (χ2v) is 4.30.